The van der Waals surface area contributed by atoms with Crippen molar-refractivity contribution in [3.05, 3.63) is 18.9 Å². The zero-order chi connectivity index (χ0) is 17.8. The molecule has 0 saturated carbocycles. The normalized spacial score (nSPS) is 25.6. The number of nitrogens with zero attached hydrogens (tertiary/aromatic N) is 5. The summed E-state index contributed by atoms with van der Waals surface area (Å²) in [5, 5.41) is 17.2. The van der Waals surface area contributed by atoms with Crippen LogP contribution in [0.15, 0.2) is 18.9 Å². The van der Waals surface area contributed by atoms with E-state index in [0.717, 1.165) is 0 Å². The van der Waals surface area contributed by atoms with Gasteiger partial charge in [-0.2, -0.15) is 15.1 Å². The van der Waals surface area contributed by atoms with E-state index in [9.17, 15) is 14.7 Å². The number of aromatic nitrogens is 4. The first-order chi connectivity index (χ1) is 12.0. The number of carbonyl (C=O) groups is 2. The van der Waals surface area contributed by atoms with Crippen molar-refractivity contribution in [2.45, 2.75) is 0 Å². The number of nitrogens with one attached hydrogen (secondary N) is 1. The molecule has 4 rings (SSSR count). The van der Waals surface area contributed by atoms with Crippen LogP contribution in [0.3, 0.4) is 0 Å². The Bertz CT molecular complexity index is 894. The number of aliphatic carboxylic acids is 1. The second-order valence-electron chi connectivity index (χ2n) is 6.44. The van der Waals surface area contributed by atoms with E-state index >= 15 is 0 Å². The van der Waals surface area contributed by atoms with Crippen LogP contribution >= 0.6 is 0 Å². The number of carbonyl (C=O) groups excluding carboxylic acids is 1. The molecule has 2 aromatic heterocycles. The number of fused-ring (bicyclic) bond motifs is 2. The van der Waals surface area contributed by atoms with Crippen LogP contribution < -0.4 is 10.6 Å². The number of aromatic amines is 1. The average molecular weight is 343 g/mol. The second kappa shape index (κ2) is 5.16. The van der Waals surface area contributed by atoms with Gasteiger partial charge >= 0.3 is 5.97 Å². The molecule has 2 fully saturated rings. The molecule has 25 heavy (non-hydrogen) atoms. The first-order valence-electron chi connectivity index (χ1n) is 7.81. The molecule has 130 valence electrons. The third-order valence-corrected chi connectivity index (χ3v) is 5.01. The number of carboxylic acid groups (broad SMARTS) is 1. The fraction of sp³-hybridized carbons (Fsp3) is 0.400. The lowest BCUT2D eigenvalue weighted by molar-refractivity contribution is -0.149. The Hall–Kier alpha value is -3.17. The SMILES string of the molecule is C=CCN1C[C@@]2(C(=O)O)CN(c3nc(N)nc4[nH]ncc34)C[C@H]2C1=O. The lowest BCUT2D eigenvalue weighted by atomic mass is 9.81. The Balaban J connectivity index is 1.74. The Morgan fingerprint density at radius 1 is 1.52 bits per heavy atom. The van der Waals surface area contributed by atoms with Crippen molar-refractivity contribution in [2.75, 3.05) is 36.8 Å². The molecule has 2 atom stereocenters. The highest BCUT2D eigenvalue weighted by Gasteiger charge is 2.62. The zero-order valence-electron chi connectivity index (χ0n) is 13.3. The molecule has 0 aromatic carbocycles. The first kappa shape index (κ1) is 15.4. The van der Waals surface area contributed by atoms with Crippen molar-refractivity contribution in [3.8, 4) is 0 Å². The van der Waals surface area contributed by atoms with Gasteiger partial charge in [-0.25, -0.2) is 0 Å². The molecule has 0 spiro atoms. The number of rotatable bonds is 4. The van der Waals surface area contributed by atoms with Crippen LogP contribution in [0.1, 0.15) is 0 Å². The molecule has 0 aliphatic carbocycles. The first-order valence-corrected chi connectivity index (χ1v) is 7.81. The molecule has 2 aromatic rings. The summed E-state index contributed by atoms with van der Waals surface area (Å²) in [5.74, 6) is -1.23. The molecule has 2 aliphatic heterocycles. The number of carboxylic acids is 1. The van der Waals surface area contributed by atoms with Crippen LogP contribution in [0.25, 0.3) is 11.0 Å². The Labute approximate surface area is 142 Å². The number of hydrogen-bond donors (Lipinski definition) is 3. The van der Waals surface area contributed by atoms with Gasteiger partial charge in [-0.3, -0.25) is 14.7 Å². The van der Waals surface area contributed by atoms with Crippen molar-refractivity contribution < 1.29 is 14.7 Å². The van der Waals surface area contributed by atoms with Gasteiger partial charge in [0.25, 0.3) is 0 Å². The van der Waals surface area contributed by atoms with Gasteiger partial charge in [0.05, 0.1) is 17.5 Å². The second-order valence-corrected chi connectivity index (χ2v) is 6.44. The van der Waals surface area contributed by atoms with E-state index < -0.39 is 17.3 Å². The van der Waals surface area contributed by atoms with Crippen LogP contribution in [0.4, 0.5) is 11.8 Å². The quantitative estimate of drug-likeness (QED) is 0.629. The topological polar surface area (TPSA) is 141 Å². The summed E-state index contributed by atoms with van der Waals surface area (Å²) < 4.78 is 0. The van der Waals surface area contributed by atoms with Gasteiger partial charge < -0.3 is 20.6 Å². The summed E-state index contributed by atoms with van der Waals surface area (Å²) in [4.78, 5) is 36.4. The Kier molecular flexibility index (Phi) is 3.17. The number of likely N-dealkylation sites (tertiary alicyclic amines) is 1. The van der Waals surface area contributed by atoms with E-state index in [4.69, 9.17) is 5.73 Å². The highest BCUT2D eigenvalue weighted by molar-refractivity contribution is 5.95. The lowest BCUT2D eigenvalue weighted by Crippen LogP contribution is -2.41. The van der Waals surface area contributed by atoms with E-state index in [1.807, 2.05) is 0 Å². The van der Waals surface area contributed by atoms with Crippen LogP contribution in [-0.4, -0.2) is 68.2 Å². The number of hydrogen-bond acceptors (Lipinski definition) is 7. The summed E-state index contributed by atoms with van der Waals surface area (Å²) in [6, 6.07) is 0. The molecule has 2 saturated heterocycles. The maximum atomic E-state index is 12.7. The monoisotopic (exact) mass is 343 g/mol. The number of amides is 1. The van der Waals surface area contributed by atoms with Gasteiger partial charge in [-0.1, -0.05) is 6.08 Å². The fourth-order valence-electron chi connectivity index (χ4n) is 3.86. The summed E-state index contributed by atoms with van der Waals surface area (Å²) in [6.45, 7) is 4.56. The molecular weight excluding hydrogens is 326 g/mol. The van der Waals surface area contributed by atoms with Gasteiger partial charge in [-0.15, -0.1) is 6.58 Å². The standard InChI is InChI=1S/C15H17N7O3/c1-2-3-21-6-15(13(24)25)7-22(5-9(15)12(21)23)11-8-4-17-20-10(8)18-14(16)19-11/h2,4,9H,1,3,5-7H2,(H,24,25)(H3,16,17,18,19,20)/t9-,15+/m0/s1. The van der Waals surface area contributed by atoms with E-state index in [1.54, 1.807) is 22.1 Å². The Morgan fingerprint density at radius 3 is 3.00 bits per heavy atom. The summed E-state index contributed by atoms with van der Waals surface area (Å²) >= 11 is 0. The molecule has 0 radical (unpaired) electrons. The van der Waals surface area contributed by atoms with Crippen LogP contribution in [0, 0.1) is 11.3 Å². The van der Waals surface area contributed by atoms with Gasteiger partial charge in [-0.05, 0) is 0 Å². The van der Waals surface area contributed by atoms with Gasteiger partial charge in [0.2, 0.25) is 11.9 Å². The van der Waals surface area contributed by atoms with Gasteiger partial charge in [0.1, 0.15) is 11.2 Å². The lowest BCUT2D eigenvalue weighted by Gasteiger charge is -2.25. The minimum Gasteiger partial charge on any atom is -0.481 e. The molecule has 10 nitrogen and oxygen atoms in total. The smallest absolute Gasteiger partial charge is 0.314 e. The fourth-order valence-corrected chi connectivity index (χ4v) is 3.86. The van der Waals surface area contributed by atoms with E-state index in [-0.39, 0.29) is 31.5 Å². The van der Waals surface area contributed by atoms with E-state index in [0.29, 0.717) is 23.4 Å². The molecule has 2 aliphatic rings. The molecule has 10 heteroatoms. The highest BCUT2D eigenvalue weighted by atomic mass is 16.4. The molecule has 0 unspecified atom stereocenters. The maximum absolute atomic E-state index is 12.7. The largest absolute Gasteiger partial charge is 0.481 e. The third kappa shape index (κ3) is 2.06. The predicted molar refractivity (Wildman–Crippen MR) is 88.6 cm³/mol. The van der Waals surface area contributed by atoms with Crippen molar-refractivity contribution in [1.82, 2.24) is 25.1 Å². The number of nitrogens with two attached hydrogens (primary N) is 1. The van der Waals surface area contributed by atoms with Crippen LogP contribution in [0.5, 0.6) is 0 Å². The molecule has 1 amide bonds. The molecular formula is C15H17N7O3. The van der Waals surface area contributed by atoms with Gasteiger partial charge in [0.15, 0.2) is 5.65 Å². The van der Waals surface area contributed by atoms with Crippen molar-refractivity contribution in [3.63, 3.8) is 0 Å². The number of anilines is 2. The van der Waals surface area contributed by atoms with Gasteiger partial charge in [0, 0.05) is 26.2 Å². The van der Waals surface area contributed by atoms with E-state index in [2.05, 4.69) is 26.7 Å². The van der Waals surface area contributed by atoms with Crippen LogP contribution in [-0.2, 0) is 9.59 Å². The minimum atomic E-state index is -1.17. The molecule has 4 heterocycles. The third-order valence-electron chi connectivity index (χ3n) is 5.01. The average Bonchev–Trinajstić information content (AvgIpc) is 3.23. The summed E-state index contributed by atoms with van der Waals surface area (Å²) in [7, 11) is 0. The van der Waals surface area contributed by atoms with E-state index in [1.165, 1.54) is 0 Å². The van der Waals surface area contributed by atoms with Crippen molar-refractivity contribution in [1.29, 1.82) is 0 Å². The molecule has 4 N–H and O–H groups in total. The summed E-state index contributed by atoms with van der Waals surface area (Å²) in [6.07, 6.45) is 3.17. The predicted octanol–water partition coefficient (Wildman–Crippen LogP) is -0.529. The van der Waals surface area contributed by atoms with Crippen molar-refractivity contribution >= 4 is 34.7 Å². The summed E-state index contributed by atoms with van der Waals surface area (Å²) in [5.41, 5.74) is 5.05. The zero-order valence-corrected chi connectivity index (χ0v) is 13.3. The van der Waals surface area contributed by atoms with Crippen LogP contribution in [0.2, 0.25) is 0 Å². The number of H-pyrrole nitrogens is 1. The Morgan fingerprint density at radius 2 is 2.32 bits per heavy atom. The minimum absolute atomic E-state index is 0.0628. The number of nitrogen functional groups attached to an aromatic ring is 1. The maximum Gasteiger partial charge on any atom is 0.314 e. The highest BCUT2D eigenvalue weighted by Crippen LogP contribution is 2.45. The van der Waals surface area contributed by atoms with Crippen molar-refractivity contribution in [2.24, 2.45) is 11.3 Å². The molecule has 0 bridgehead atoms.